The van der Waals surface area contributed by atoms with Crippen molar-refractivity contribution in [2.45, 2.75) is 11.8 Å². The number of hydrogen-bond acceptors (Lipinski definition) is 1. The minimum Gasteiger partial charge on any atom is -0.263 e. The van der Waals surface area contributed by atoms with Gasteiger partial charge in [0.1, 0.15) is 0 Å². The molecule has 3 heteroatoms. The molecule has 0 saturated heterocycles. The van der Waals surface area contributed by atoms with E-state index in [4.69, 9.17) is 0 Å². The van der Waals surface area contributed by atoms with E-state index in [-0.39, 0.29) is 18.9 Å². The summed E-state index contributed by atoms with van der Waals surface area (Å²) in [6, 6.07) is 17.5. The number of rotatable bonds is 3. The van der Waals surface area contributed by atoms with Gasteiger partial charge in [-0.3, -0.25) is 4.21 Å². The molecular formula is C14H13LiOS. The molecule has 0 aliphatic carbocycles. The second-order valence-electron chi connectivity index (χ2n) is 3.64. The van der Waals surface area contributed by atoms with Gasteiger partial charge in [-0.25, -0.2) is 0 Å². The summed E-state index contributed by atoms with van der Waals surface area (Å²) in [5, 5.41) is 0. The summed E-state index contributed by atoms with van der Waals surface area (Å²) in [6.45, 7) is 2.02. The van der Waals surface area contributed by atoms with E-state index in [1.807, 2.05) is 61.5 Å². The first-order valence-corrected chi connectivity index (χ1v) is 6.34. The van der Waals surface area contributed by atoms with Gasteiger partial charge < -0.3 is 0 Å². The first-order valence-electron chi connectivity index (χ1n) is 5.13. The topological polar surface area (TPSA) is 17.1 Å². The average Bonchev–Trinajstić information content (AvgIpc) is 2.31. The van der Waals surface area contributed by atoms with Crippen molar-refractivity contribution < 1.29 is 23.1 Å². The van der Waals surface area contributed by atoms with Gasteiger partial charge in [0.15, 0.2) is 0 Å². The van der Waals surface area contributed by atoms with Crippen LogP contribution in [0.1, 0.15) is 11.1 Å². The van der Waals surface area contributed by atoms with E-state index in [1.54, 1.807) is 5.75 Å². The standard InChI is InChI=1S/C14H13OS.Li/c1-12-7-9-14(10-8-12)16(15)11-13-5-3-2-4-6-13;/h2-11H,1H3;/q-1;+1/t16-;/m1./s1. The number of aryl methyl sites for hydroxylation is 1. The predicted molar refractivity (Wildman–Crippen MR) is 67.4 cm³/mol. The Morgan fingerprint density at radius 3 is 2.12 bits per heavy atom. The van der Waals surface area contributed by atoms with Crippen LogP contribution in [0.15, 0.2) is 59.5 Å². The fraction of sp³-hybridized carbons (Fsp3) is 0.0714. The van der Waals surface area contributed by atoms with Gasteiger partial charge in [0.25, 0.3) is 0 Å². The van der Waals surface area contributed by atoms with Crippen LogP contribution < -0.4 is 18.9 Å². The molecule has 0 amide bonds. The van der Waals surface area contributed by atoms with Gasteiger partial charge in [0, 0.05) is 15.7 Å². The number of hydrogen-bond donors (Lipinski definition) is 0. The van der Waals surface area contributed by atoms with Crippen molar-refractivity contribution in [2.24, 2.45) is 0 Å². The van der Waals surface area contributed by atoms with Gasteiger partial charge >= 0.3 is 18.9 Å². The second kappa shape index (κ2) is 6.71. The third-order valence-corrected chi connectivity index (χ3v) is 3.52. The van der Waals surface area contributed by atoms with Crippen molar-refractivity contribution in [1.29, 1.82) is 0 Å². The molecule has 0 bridgehead atoms. The Labute approximate surface area is 117 Å². The normalized spacial score (nSPS) is 11.4. The van der Waals surface area contributed by atoms with E-state index < -0.39 is 10.8 Å². The molecule has 0 aliphatic rings. The molecule has 82 valence electrons. The summed E-state index contributed by atoms with van der Waals surface area (Å²) >= 11 is 0. The van der Waals surface area contributed by atoms with Crippen LogP contribution in [0.4, 0.5) is 0 Å². The first-order chi connectivity index (χ1) is 7.75. The minimum atomic E-state index is -1.07. The molecule has 1 atom stereocenters. The second-order valence-corrected chi connectivity index (χ2v) is 4.94. The summed E-state index contributed by atoms with van der Waals surface area (Å²) in [7, 11) is -1.07. The van der Waals surface area contributed by atoms with Crippen LogP contribution >= 0.6 is 0 Å². The van der Waals surface area contributed by atoms with E-state index in [0.717, 1.165) is 10.5 Å². The Morgan fingerprint density at radius 2 is 1.53 bits per heavy atom. The third kappa shape index (κ3) is 4.09. The van der Waals surface area contributed by atoms with Gasteiger partial charge in [-0.15, -0.1) is 12.1 Å². The summed E-state index contributed by atoms with van der Waals surface area (Å²) < 4.78 is 12.0. The molecule has 0 radical (unpaired) electrons. The summed E-state index contributed by atoms with van der Waals surface area (Å²) in [5.41, 5.74) is 2.17. The summed E-state index contributed by atoms with van der Waals surface area (Å²) in [4.78, 5) is 0.842. The smallest absolute Gasteiger partial charge is 0.263 e. The maximum Gasteiger partial charge on any atom is 1.00 e. The summed E-state index contributed by atoms with van der Waals surface area (Å²) in [6.07, 6.45) is 0. The van der Waals surface area contributed by atoms with Crippen LogP contribution in [0.5, 0.6) is 0 Å². The summed E-state index contributed by atoms with van der Waals surface area (Å²) in [5.74, 6) is 1.77. The van der Waals surface area contributed by atoms with E-state index in [9.17, 15) is 4.21 Å². The molecule has 2 aromatic carbocycles. The van der Waals surface area contributed by atoms with E-state index in [1.165, 1.54) is 5.56 Å². The molecule has 0 unspecified atom stereocenters. The first kappa shape index (κ1) is 14.1. The van der Waals surface area contributed by atoms with Crippen LogP contribution in [-0.2, 0) is 10.8 Å². The van der Waals surface area contributed by atoms with Gasteiger partial charge in [-0.1, -0.05) is 29.5 Å². The molecule has 0 N–H and O–H groups in total. The van der Waals surface area contributed by atoms with Crippen molar-refractivity contribution in [2.75, 3.05) is 0 Å². The van der Waals surface area contributed by atoms with Crippen molar-refractivity contribution in [3.63, 3.8) is 0 Å². The largest absolute Gasteiger partial charge is 1.00 e. The Balaban J connectivity index is 0.00000144. The zero-order chi connectivity index (χ0) is 11.4. The third-order valence-electron chi connectivity index (χ3n) is 2.30. The fourth-order valence-electron chi connectivity index (χ4n) is 1.40. The van der Waals surface area contributed by atoms with Crippen LogP contribution in [0.3, 0.4) is 0 Å². The van der Waals surface area contributed by atoms with Crippen molar-refractivity contribution in [1.82, 2.24) is 0 Å². The molecule has 0 fully saturated rings. The molecule has 0 aromatic heterocycles. The molecule has 2 rings (SSSR count). The SMILES string of the molecule is Cc1ccc([S@](=O)[CH-]c2ccccc2)cc1.[Li+]. The van der Waals surface area contributed by atoms with E-state index in [0.29, 0.717) is 0 Å². The van der Waals surface area contributed by atoms with Crippen LogP contribution in [0.25, 0.3) is 0 Å². The van der Waals surface area contributed by atoms with E-state index >= 15 is 0 Å². The van der Waals surface area contributed by atoms with Crippen molar-refractivity contribution in [3.8, 4) is 0 Å². The number of benzene rings is 2. The molecule has 0 saturated carbocycles. The van der Waals surface area contributed by atoms with Crippen LogP contribution in [0, 0.1) is 12.7 Å². The Bertz CT molecular complexity index is 479. The molecule has 0 aliphatic heterocycles. The molecule has 0 heterocycles. The predicted octanol–water partition coefficient (Wildman–Crippen LogP) is 0.317. The van der Waals surface area contributed by atoms with Crippen LogP contribution in [-0.4, -0.2) is 4.21 Å². The molecule has 0 spiro atoms. The fourth-order valence-corrected chi connectivity index (χ4v) is 2.34. The zero-order valence-corrected chi connectivity index (χ0v) is 10.9. The van der Waals surface area contributed by atoms with Crippen LogP contribution in [0.2, 0.25) is 0 Å². The van der Waals surface area contributed by atoms with Gasteiger partial charge in [-0.05, 0) is 19.1 Å². The maximum absolute atomic E-state index is 12.0. The Morgan fingerprint density at radius 1 is 0.941 bits per heavy atom. The van der Waals surface area contributed by atoms with Crippen molar-refractivity contribution in [3.05, 3.63) is 71.5 Å². The molecule has 2 aromatic rings. The quantitative estimate of drug-likeness (QED) is 0.554. The van der Waals surface area contributed by atoms with Crippen molar-refractivity contribution >= 4 is 10.8 Å². The maximum atomic E-state index is 12.0. The Kier molecular flexibility index (Phi) is 5.57. The van der Waals surface area contributed by atoms with Gasteiger partial charge in [0.2, 0.25) is 0 Å². The Hall–Kier alpha value is -0.943. The van der Waals surface area contributed by atoms with E-state index in [2.05, 4.69) is 0 Å². The van der Waals surface area contributed by atoms with Gasteiger partial charge in [-0.2, -0.15) is 17.7 Å². The zero-order valence-electron chi connectivity index (χ0n) is 10.1. The molecular weight excluding hydrogens is 223 g/mol. The molecule has 17 heavy (non-hydrogen) atoms. The minimum absolute atomic E-state index is 0. The van der Waals surface area contributed by atoms with Gasteiger partial charge in [0.05, 0.1) is 0 Å². The molecule has 1 nitrogen and oxygen atoms in total. The monoisotopic (exact) mass is 236 g/mol. The average molecular weight is 236 g/mol.